The molecule has 0 radical (unpaired) electrons. The average Bonchev–Trinajstić information content (AvgIpc) is 2.84. The second-order valence-corrected chi connectivity index (χ2v) is 4.42. The summed E-state index contributed by atoms with van der Waals surface area (Å²) in [4.78, 5) is 12.3. The van der Waals surface area contributed by atoms with Crippen molar-refractivity contribution in [2.75, 3.05) is 12.8 Å². The van der Waals surface area contributed by atoms with Crippen molar-refractivity contribution in [3.05, 3.63) is 35.9 Å². The number of hydrogen-bond acceptors (Lipinski definition) is 5. The molecule has 0 aliphatic heterocycles. The SMILES string of the molecule is COc1cccc(N)c1C(=O)NC(C)c1nncn1C. The fraction of sp³-hybridized carbons (Fsp3) is 0.308. The number of anilines is 1. The van der Waals surface area contributed by atoms with Crippen molar-refractivity contribution >= 4 is 11.6 Å². The number of methoxy groups -OCH3 is 1. The zero-order valence-corrected chi connectivity index (χ0v) is 11.6. The van der Waals surface area contributed by atoms with E-state index in [0.717, 1.165) is 0 Å². The van der Waals surface area contributed by atoms with Crippen molar-refractivity contribution in [2.45, 2.75) is 13.0 Å². The maximum absolute atomic E-state index is 12.3. The summed E-state index contributed by atoms with van der Waals surface area (Å²) in [5.41, 5.74) is 6.54. The molecule has 2 rings (SSSR count). The Morgan fingerprint density at radius 2 is 2.25 bits per heavy atom. The minimum absolute atomic E-state index is 0.292. The summed E-state index contributed by atoms with van der Waals surface area (Å²) in [6.45, 7) is 1.83. The maximum atomic E-state index is 12.3. The monoisotopic (exact) mass is 275 g/mol. The summed E-state index contributed by atoms with van der Waals surface area (Å²) in [5, 5.41) is 10.6. The predicted octanol–water partition coefficient (Wildman–Crippen LogP) is 0.897. The van der Waals surface area contributed by atoms with Gasteiger partial charge in [-0.2, -0.15) is 0 Å². The standard InChI is InChI=1S/C13H17N5O2/c1-8(12-17-15-7-18(12)2)16-13(19)11-9(14)5-4-6-10(11)20-3/h4-8H,14H2,1-3H3,(H,16,19). The molecule has 2 aromatic rings. The molecule has 1 aromatic carbocycles. The van der Waals surface area contributed by atoms with Crippen LogP contribution in [-0.4, -0.2) is 27.8 Å². The normalized spacial score (nSPS) is 11.9. The molecule has 1 aromatic heterocycles. The zero-order chi connectivity index (χ0) is 14.7. The number of carbonyl (C=O) groups excluding carboxylic acids is 1. The van der Waals surface area contributed by atoms with Crippen molar-refractivity contribution < 1.29 is 9.53 Å². The molecule has 20 heavy (non-hydrogen) atoms. The Bertz CT molecular complexity index is 623. The van der Waals surface area contributed by atoms with Gasteiger partial charge in [-0.1, -0.05) is 6.07 Å². The summed E-state index contributed by atoms with van der Waals surface area (Å²) < 4.78 is 6.92. The van der Waals surface area contributed by atoms with Crippen LogP contribution in [0.2, 0.25) is 0 Å². The third kappa shape index (κ3) is 2.56. The van der Waals surface area contributed by atoms with E-state index in [0.29, 0.717) is 22.8 Å². The van der Waals surface area contributed by atoms with Crippen LogP contribution in [0.15, 0.2) is 24.5 Å². The Hall–Kier alpha value is -2.57. The third-order valence-electron chi connectivity index (χ3n) is 2.99. The summed E-state index contributed by atoms with van der Waals surface area (Å²) in [5.74, 6) is 0.787. The predicted molar refractivity (Wildman–Crippen MR) is 74.3 cm³/mol. The van der Waals surface area contributed by atoms with Crippen LogP contribution in [-0.2, 0) is 7.05 Å². The van der Waals surface area contributed by atoms with Crippen LogP contribution in [0.1, 0.15) is 29.1 Å². The Balaban J connectivity index is 2.23. The topological polar surface area (TPSA) is 95.1 Å². The van der Waals surface area contributed by atoms with Crippen LogP contribution < -0.4 is 15.8 Å². The number of ether oxygens (including phenoxy) is 1. The molecule has 1 heterocycles. The molecule has 0 aliphatic carbocycles. The molecule has 1 unspecified atom stereocenters. The number of rotatable bonds is 4. The first kappa shape index (κ1) is 13.9. The zero-order valence-electron chi connectivity index (χ0n) is 11.6. The number of nitrogens with two attached hydrogens (primary N) is 1. The number of carbonyl (C=O) groups is 1. The first-order valence-electron chi connectivity index (χ1n) is 6.11. The lowest BCUT2D eigenvalue weighted by atomic mass is 10.1. The molecule has 0 spiro atoms. The summed E-state index contributed by atoms with van der Waals surface area (Å²) >= 11 is 0. The van der Waals surface area contributed by atoms with E-state index >= 15 is 0 Å². The van der Waals surface area contributed by atoms with Gasteiger partial charge in [-0.3, -0.25) is 4.79 Å². The van der Waals surface area contributed by atoms with Crippen LogP contribution in [0.25, 0.3) is 0 Å². The smallest absolute Gasteiger partial charge is 0.257 e. The van der Waals surface area contributed by atoms with E-state index < -0.39 is 0 Å². The largest absolute Gasteiger partial charge is 0.496 e. The molecule has 7 heteroatoms. The molecule has 0 saturated carbocycles. The molecule has 0 saturated heterocycles. The highest BCUT2D eigenvalue weighted by atomic mass is 16.5. The first-order chi connectivity index (χ1) is 9.54. The van der Waals surface area contributed by atoms with Crippen LogP contribution in [0.5, 0.6) is 5.75 Å². The number of benzene rings is 1. The van der Waals surface area contributed by atoms with Crippen molar-refractivity contribution in [2.24, 2.45) is 7.05 Å². The van der Waals surface area contributed by atoms with Gasteiger partial charge in [-0.05, 0) is 19.1 Å². The van der Waals surface area contributed by atoms with E-state index in [9.17, 15) is 4.79 Å². The molecule has 0 aliphatic rings. The van der Waals surface area contributed by atoms with Crippen molar-refractivity contribution in [3.8, 4) is 5.75 Å². The number of nitrogens with one attached hydrogen (secondary N) is 1. The van der Waals surface area contributed by atoms with E-state index in [4.69, 9.17) is 10.5 Å². The Labute approximate surface area is 116 Å². The fourth-order valence-corrected chi connectivity index (χ4v) is 1.98. The number of aromatic nitrogens is 3. The Kier molecular flexibility index (Phi) is 3.88. The van der Waals surface area contributed by atoms with Crippen LogP contribution in [0.3, 0.4) is 0 Å². The van der Waals surface area contributed by atoms with Gasteiger partial charge in [0.1, 0.15) is 17.6 Å². The van der Waals surface area contributed by atoms with Crippen LogP contribution >= 0.6 is 0 Å². The number of hydrogen-bond donors (Lipinski definition) is 2. The maximum Gasteiger partial charge on any atom is 0.257 e. The minimum Gasteiger partial charge on any atom is -0.496 e. The van der Waals surface area contributed by atoms with Gasteiger partial charge >= 0.3 is 0 Å². The van der Waals surface area contributed by atoms with E-state index in [1.165, 1.54) is 7.11 Å². The van der Waals surface area contributed by atoms with Gasteiger partial charge in [-0.15, -0.1) is 10.2 Å². The fourth-order valence-electron chi connectivity index (χ4n) is 1.98. The number of aryl methyl sites for hydroxylation is 1. The molecule has 0 fully saturated rings. The highest BCUT2D eigenvalue weighted by Crippen LogP contribution is 2.24. The van der Waals surface area contributed by atoms with Crippen molar-refractivity contribution in [1.82, 2.24) is 20.1 Å². The van der Waals surface area contributed by atoms with Gasteiger partial charge in [0.2, 0.25) is 0 Å². The van der Waals surface area contributed by atoms with Crippen LogP contribution in [0.4, 0.5) is 5.69 Å². The van der Waals surface area contributed by atoms with Crippen molar-refractivity contribution in [1.29, 1.82) is 0 Å². The third-order valence-corrected chi connectivity index (χ3v) is 2.99. The van der Waals surface area contributed by atoms with Crippen molar-refractivity contribution in [3.63, 3.8) is 0 Å². The van der Waals surface area contributed by atoms with E-state index in [2.05, 4.69) is 15.5 Å². The van der Waals surface area contributed by atoms with Gasteiger partial charge in [0.15, 0.2) is 5.82 Å². The number of nitrogens with zero attached hydrogens (tertiary/aromatic N) is 3. The summed E-state index contributed by atoms with van der Waals surface area (Å²) in [6.07, 6.45) is 1.58. The number of nitrogen functional groups attached to an aromatic ring is 1. The average molecular weight is 275 g/mol. The summed E-state index contributed by atoms with van der Waals surface area (Å²) in [7, 11) is 3.31. The lowest BCUT2D eigenvalue weighted by Crippen LogP contribution is -2.29. The molecule has 106 valence electrons. The van der Waals surface area contributed by atoms with Gasteiger partial charge in [0.05, 0.1) is 13.2 Å². The highest BCUT2D eigenvalue weighted by Gasteiger charge is 2.20. The summed E-state index contributed by atoms with van der Waals surface area (Å²) in [6, 6.07) is 4.79. The van der Waals surface area contributed by atoms with Gasteiger partial charge < -0.3 is 20.4 Å². The van der Waals surface area contributed by atoms with Gasteiger partial charge in [0.25, 0.3) is 5.91 Å². The molecule has 1 amide bonds. The lowest BCUT2D eigenvalue weighted by Gasteiger charge is -2.15. The van der Waals surface area contributed by atoms with E-state index in [-0.39, 0.29) is 11.9 Å². The highest BCUT2D eigenvalue weighted by molar-refractivity contribution is 6.02. The van der Waals surface area contributed by atoms with E-state index in [1.807, 2.05) is 14.0 Å². The molecular formula is C13H17N5O2. The Morgan fingerprint density at radius 3 is 2.85 bits per heavy atom. The quantitative estimate of drug-likeness (QED) is 0.808. The second-order valence-electron chi connectivity index (χ2n) is 4.42. The minimum atomic E-state index is -0.310. The first-order valence-corrected chi connectivity index (χ1v) is 6.11. The van der Waals surface area contributed by atoms with E-state index in [1.54, 1.807) is 29.1 Å². The van der Waals surface area contributed by atoms with Gasteiger partial charge in [-0.25, -0.2) is 0 Å². The molecular weight excluding hydrogens is 258 g/mol. The van der Waals surface area contributed by atoms with Crippen LogP contribution in [0, 0.1) is 0 Å². The molecule has 3 N–H and O–H groups in total. The molecule has 0 bridgehead atoms. The Morgan fingerprint density at radius 1 is 1.50 bits per heavy atom. The number of amides is 1. The molecule has 1 atom stereocenters. The van der Waals surface area contributed by atoms with Gasteiger partial charge in [0, 0.05) is 12.7 Å². The molecule has 7 nitrogen and oxygen atoms in total. The second kappa shape index (κ2) is 5.60. The lowest BCUT2D eigenvalue weighted by molar-refractivity contribution is 0.0935.